The number of benzene rings is 2. The molecular formula is C15H11BrClN3O. The summed E-state index contributed by atoms with van der Waals surface area (Å²) in [4.78, 5) is 0. The first-order valence-corrected chi connectivity index (χ1v) is 7.37. The fourth-order valence-electron chi connectivity index (χ4n) is 2.04. The van der Waals surface area contributed by atoms with E-state index in [1.165, 1.54) is 0 Å². The van der Waals surface area contributed by atoms with Crippen LogP contribution in [-0.2, 0) is 0 Å². The summed E-state index contributed by atoms with van der Waals surface area (Å²) in [5.74, 6) is 1.43. The van der Waals surface area contributed by atoms with Crippen LogP contribution < -0.4 is 10.1 Å². The van der Waals surface area contributed by atoms with E-state index in [1.807, 2.05) is 42.5 Å². The molecule has 2 aromatic carbocycles. The van der Waals surface area contributed by atoms with Crippen LogP contribution in [0.5, 0.6) is 5.75 Å². The normalized spacial score (nSPS) is 10.6. The molecule has 4 nitrogen and oxygen atoms in total. The van der Waals surface area contributed by atoms with E-state index in [1.54, 1.807) is 7.11 Å². The van der Waals surface area contributed by atoms with Gasteiger partial charge in [-0.05, 0) is 34.1 Å². The van der Waals surface area contributed by atoms with Crippen molar-refractivity contribution in [3.05, 3.63) is 52.1 Å². The average Bonchev–Trinajstić information content (AvgIpc) is 2.51. The summed E-state index contributed by atoms with van der Waals surface area (Å²) in [6.07, 6.45) is 0. The highest BCUT2D eigenvalue weighted by atomic mass is 79.9. The van der Waals surface area contributed by atoms with Crippen LogP contribution in [0.4, 0.5) is 11.5 Å². The molecule has 0 fully saturated rings. The van der Waals surface area contributed by atoms with Gasteiger partial charge in [0.2, 0.25) is 0 Å². The van der Waals surface area contributed by atoms with Gasteiger partial charge in [0.05, 0.1) is 11.6 Å². The zero-order chi connectivity index (χ0) is 14.8. The molecule has 0 bridgehead atoms. The lowest BCUT2D eigenvalue weighted by molar-refractivity contribution is 0.412. The van der Waals surface area contributed by atoms with E-state index in [9.17, 15) is 0 Å². The van der Waals surface area contributed by atoms with E-state index in [2.05, 4.69) is 31.4 Å². The van der Waals surface area contributed by atoms with Crippen LogP contribution >= 0.6 is 27.5 Å². The summed E-state index contributed by atoms with van der Waals surface area (Å²) in [6, 6.07) is 13.4. The van der Waals surface area contributed by atoms with Gasteiger partial charge in [-0.15, -0.1) is 10.2 Å². The summed E-state index contributed by atoms with van der Waals surface area (Å²) in [5.41, 5.74) is 0.879. The maximum atomic E-state index is 6.07. The zero-order valence-corrected chi connectivity index (χ0v) is 13.4. The summed E-state index contributed by atoms with van der Waals surface area (Å²) in [7, 11) is 1.63. The Bertz CT molecular complexity index is 810. The van der Waals surface area contributed by atoms with Crippen LogP contribution in [0.15, 0.2) is 46.9 Å². The van der Waals surface area contributed by atoms with Crippen LogP contribution in [0.3, 0.4) is 0 Å². The molecule has 1 aromatic heterocycles. The highest BCUT2D eigenvalue weighted by Crippen LogP contribution is 2.31. The molecule has 3 aromatic rings. The molecule has 0 saturated heterocycles. The summed E-state index contributed by atoms with van der Waals surface area (Å²) in [6.45, 7) is 0. The second-order valence-corrected chi connectivity index (χ2v) is 5.57. The van der Waals surface area contributed by atoms with Crippen LogP contribution in [0.2, 0.25) is 5.15 Å². The lowest BCUT2D eigenvalue weighted by Crippen LogP contribution is -1.98. The molecule has 0 unspecified atom stereocenters. The molecule has 0 atom stereocenters. The number of methoxy groups -OCH3 is 1. The molecule has 3 rings (SSSR count). The fourth-order valence-corrected chi connectivity index (χ4v) is 2.79. The molecule has 0 saturated carbocycles. The van der Waals surface area contributed by atoms with E-state index in [4.69, 9.17) is 16.3 Å². The van der Waals surface area contributed by atoms with Crippen molar-refractivity contribution in [3.8, 4) is 5.75 Å². The van der Waals surface area contributed by atoms with Gasteiger partial charge >= 0.3 is 0 Å². The molecule has 0 aliphatic heterocycles. The molecule has 0 amide bonds. The third-order valence-corrected chi connectivity index (χ3v) is 3.96. The topological polar surface area (TPSA) is 47.0 Å². The number of rotatable bonds is 3. The Balaban J connectivity index is 2.02. The van der Waals surface area contributed by atoms with Crippen molar-refractivity contribution in [1.82, 2.24) is 10.2 Å². The summed E-state index contributed by atoms with van der Waals surface area (Å²) >= 11 is 9.53. The summed E-state index contributed by atoms with van der Waals surface area (Å²) in [5, 5.41) is 13.5. The molecule has 106 valence electrons. The smallest absolute Gasteiger partial charge is 0.161 e. The van der Waals surface area contributed by atoms with Gasteiger partial charge in [0.25, 0.3) is 0 Å². The van der Waals surface area contributed by atoms with Gasteiger partial charge in [-0.1, -0.05) is 35.9 Å². The Morgan fingerprint density at radius 2 is 1.86 bits per heavy atom. The van der Waals surface area contributed by atoms with Crippen molar-refractivity contribution >= 4 is 49.8 Å². The molecule has 0 spiro atoms. The Morgan fingerprint density at radius 3 is 2.57 bits per heavy atom. The average molecular weight is 365 g/mol. The standard InChI is InChI=1S/C15H11BrClN3O/c1-21-13-7-6-9(8-12(13)16)18-15-11-5-3-2-4-10(11)14(17)19-20-15/h2-8H,1H3,(H,18,20). The number of ether oxygens (including phenoxy) is 1. The van der Waals surface area contributed by atoms with Crippen molar-refractivity contribution in [3.63, 3.8) is 0 Å². The van der Waals surface area contributed by atoms with Crippen molar-refractivity contribution in [2.24, 2.45) is 0 Å². The number of nitrogens with zero attached hydrogens (tertiary/aromatic N) is 2. The maximum absolute atomic E-state index is 6.07. The molecule has 21 heavy (non-hydrogen) atoms. The van der Waals surface area contributed by atoms with Crippen molar-refractivity contribution in [2.45, 2.75) is 0 Å². The second-order valence-electron chi connectivity index (χ2n) is 4.36. The number of hydrogen-bond donors (Lipinski definition) is 1. The van der Waals surface area contributed by atoms with Gasteiger partial charge in [-0.2, -0.15) is 0 Å². The van der Waals surface area contributed by atoms with Gasteiger partial charge in [0, 0.05) is 16.5 Å². The predicted octanol–water partition coefficient (Wildman–Crippen LogP) is 4.80. The number of halogens is 2. The number of aromatic nitrogens is 2. The van der Waals surface area contributed by atoms with E-state index >= 15 is 0 Å². The third kappa shape index (κ3) is 2.80. The maximum Gasteiger partial charge on any atom is 0.161 e. The van der Waals surface area contributed by atoms with Gasteiger partial charge in [0.1, 0.15) is 5.75 Å². The van der Waals surface area contributed by atoms with Crippen LogP contribution in [0, 0.1) is 0 Å². The lowest BCUT2D eigenvalue weighted by atomic mass is 10.2. The molecule has 0 aliphatic carbocycles. The third-order valence-electron chi connectivity index (χ3n) is 3.06. The van der Waals surface area contributed by atoms with Crippen molar-refractivity contribution in [2.75, 3.05) is 12.4 Å². The Labute approximate surface area is 135 Å². The minimum Gasteiger partial charge on any atom is -0.496 e. The molecular weight excluding hydrogens is 354 g/mol. The predicted molar refractivity (Wildman–Crippen MR) is 88.5 cm³/mol. The van der Waals surface area contributed by atoms with E-state index in [0.717, 1.165) is 26.7 Å². The lowest BCUT2D eigenvalue weighted by Gasteiger charge is -2.10. The van der Waals surface area contributed by atoms with E-state index in [0.29, 0.717) is 11.0 Å². The van der Waals surface area contributed by atoms with Crippen molar-refractivity contribution < 1.29 is 4.74 Å². The fraction of sp³-hybridized carbons (Fsp3) is 0.0667. The number of anilines is 2. The van der Waals surface area contributed by atoms with Crippen LogP contribution in [0.25, 0.3) is 10.8 Å². The molecule has 1 N–H and O–H groups in total. The van der Waals surface area contributed by atoms with Gasteiger partial charge in [0.15, 0.2) is 11.0 Å². The largest absolute Gasteiger partial charge is 0.496 e. The highest BCUT2D eigenvalue weighted by molar-refractivity contribution is 9.10. The molecule has 1 heterocycles. The Hall–Kier alpha value is -1.85. The quantitative estimate of drug-likeness (QED) is 0.725. The Kier molecular flexibility index (Phi) is 3.94. The molecule has 0 radical (unpaired) electrons. The Morgan fingerprint density at radius 1 is 1.10 bits per heavy atom. The van der Waals surface area contributed by atoms with Gasteiger partial charge < -0.3 is 10.1 Å². The minimum atomic E-state index is 0.395. The molecule has 6 heteroatoms. The van der Waals surface area contributed by atoms with E-state index < -0.39 is 0 Å². The van der Waals surface area contributed by atoms with Crippen molar-refractivity contribution in [1.29, 1.82) is 0 Å². The monoisotopic (exact) mass is 363 g/mol. The van der Waals surface area contributed by atoms with Crippen LogP contribution in [0.1, 0.15) is 0 Å². The van der Waals surface area contributed by atoms with Gasteiger partial charge in [-0.25, -0.2) is 0 Å². The SMILES string of the molecule is COc1ccc(Nc2nnc(Cl)c3ccccc23)cc1Br. The zero-order valence-electron chi connectivity index (χ0n) is 11.1. The highest BCUT2D eigenvalue weighted by Gasteiger charge is 2.08. The second kappa shape index (κ2) is 5.87. The first-order chi connectivity index (χ1) is 10.2. The first kappa shape index (κ1) is 14.1. The number of hydrogen-bond acceptors (Lipinski definition) is 4. The van der Waals surface area contributed by atoms with Gasteiger partial charge in [-0.3, -0.25) is 0 Å². The molecule has 0 aliphatic rings. The minimum absolute atomic E-state index is 0.395. The number of nitrogens with one attached hydrogen (secondary N) is 1. The summed E-state index contributed by atoms with van der Waals surface area (Å²) < 4.78 is 6.08. The number of fused-ring (bicyclic) bond motifs is 1. The van der Waals surface area contributed by atoms with E-state index in [-0.39, 0.29) is 0 Å². The first-order valence-electron chi connectivity index (χ1n) is 6.20. The van der Waals surface area contributed by atoms with Crippen LogP contribution in [-0.4, -0.2) is 17.3 Å².